The summed E-state index contributed by atoms with van der Waals surface area (Å²) < 4.78 is 5.07. The number of ketones is 1. The van der Waals surface area contributed by atoms with Crippen LogP contribution in [0.3, 0.4) is 0 Å². The molecular weight excluding hydrogens is 216 g/mol. The molecule has 0 fully saturated rings. The Morgan fingerprint density at radius 2 is 2.12 bits per heavy atom. The van der Waals surface area contributed by atoms with Crippen LogP contribution < -0.4 is 0 Å². The van der Waals surface area contributed by atoms with Crippen LogP contribution in [0.4, 0.5) is 0 Å². The molecule has 0 aromatic heterocycles. The number of Topliss-reactive ketones (excluding diaryl/α,β-unsaturated/α-hetero) is 1. The smallest absolute Gasteiger partial charge is 0.334 e. The van der Waals surface area contributed by atoms with E-state index in [-0.39, 0.29) is 23.6 Å². The summed E-state index contributed by atoms with van der Waals surface area (Å²) in [7, 11) is 0. The third-order valence-electron chi connectivity index (χ3n) is 3.36. The molecule has 0 bridgehead atoms. The summed E-state index contributed by atoms with van der Waals surface area (Å²) in [6, 6.07) is 0. The van der Waals surface area contributed by atoms with Crippen LogP contribution in [-0.2, 0) is 14.3 Å². The van der Waals surface area contributed by atoms with Crippen molar-refractivity contribution in [3.8, 4) is 0 Å². The summed E-state index contributed by atoms with van der Waals surface area (Å²) >= 11 is 0. The van der Waals surface area contributed by atoms with Crippen LogP contribution in [0.2, 0.25) is 0 Å². The molecule has 1 aliphatic carbocycles. The van der Waals surface area contributed by atoms with Gasteiger partial charge in [-0.15, -0.1) is 0 Å². The van der Waals surface area contributed by atoms with Crippen molar-refractivity contribution >= 4 is 11.8 Å². The molecule has 3 nitrogen and oxygen atoms in total. The molecule has 1 unspecified atom stereocenters. The molecule has 0 radical (unpaired) electrons. The Hall–Kier alpha value is -1.12. The van der Waals surface area contributed by atoms with Gasteiger partial charge < -0.3 is 4.74 Å². The Morgan fingerprint density at radius 3 is 2.59 bits per heavy atom. The van der Waals surface area contributed by atoms with E-state index in [1.165, 1.54) is 0 Å². The Balaban J connectivity index is 3.09. The second-order valence-electron chi connectivity index (χ2n) is 5.52. The van der Waals surface area contributed by atoms with Crippen molar-refractivity contribution in [1.29, 1.82) is 0 Å². The van der Waals surface area contributed by atoms with Gasteiger partial charge in [-0.25, -0.2) is 4.79 Å². The molecule has 0 spiro atoms. The monoisotopic (exact) mass is 238 g/mol. The normalized spacial score (nSPS) is 23.5. The zero-order valence-corrected chi connectivity index (χ0v) is 11.4. The number of allylic oxidation sites excluding steroid dienone is 1. The summed E-state index contributed by atoms with van der Waals surface area (Å²) in [6.45, 7) is 9.93. The largest absolute Gasteiger partial charge is 0.463 e. The number of rotatable bonds is 3. The number of carbonyl (C=O) groups is 2. The van der Waals surface area contributed by atoms with E-state index in [1.807, 2.05) is 27.7 Å². The number of hydrogen-bond donors (Lipinski definition) is 0. The fourth-order valence-corrected chi connectivity index (χ4v) is 2.17. The van der Waals surface area contributed by atoms with Crippen molar-refractivity contribution in [3.63, 3.8) is 0 Å². The van der Waals surface area contributed by atoms with Crippen LogP contribution in [-0.4, -0.2) is 18.4 Å². The summed E-state index contributed by atoms with van der Waals surface area (Å²) in [6.07, 6.45) is 2.23. The number of esters is 1. The highest BCUT2D eigenvalue weighted by Crippen LogP contribution is 2.37. The summed E-state index contributed by atoms with van der Waals surface area (Å²) in [5, 5.41) is 0. The van der Waals surface area contributed by atoms with Crippen molar-refractivity contribution < 1.29 is 14.3 Å². The number of carbonyl (C=O) groups excluding carboxylic acids is 2. The minimum atomic E-state index is -0.548. The van der Waals surface area contributed by atoms with Crippen LogP contribution in [0, 0.1) is 17.3 Å². The molecule has 0 heterocycles. The van der Waals surface area contributed by atoms with Gasteiger partial charge >= 0.3 is 5.97 Å². The van der Waals surface area contributed by atoms with Crippen molar-refractivity contribution in [3.05, 3.63) is 11.6 Å². The van der Waals surface area contributed by atoms with Gasteiger partial charge in [-0.05, 0) is 32.6 Å². The molecule has 0 amide bonds. The first-order valence-electron chi connectivity index (χ1n) is 6.22. The van der Waals surface area contributed by atoms with E-state index in [2.05, 4.69) is 0 Å². The molecule has 17 heavy (non-hydrogen) atoms. The highest BCUT2D eigenvalue weighted by atomic mass is 16.5. The average molecular weight is 238 g/mol. The third kappa shape index (κ3) is 2.96. The topological polar surface area (TPSA) is 43.4 Å². The summed E-state index contributed by atoms with van der Waals surface area (Å²) in [5.41, 5.74) is 0.125. The minimum Gasteiger partial charge on any atom is -0.463 e. The fraction of sp³-hybridized carbons (Fsp3) is 0.714. The summed E-state index contributed by atoms with van der Waals surface area (Å²) in [4.78, 5) is 23.9. The molecule has 96 valence electrons. The lowest BCUT2D eigenvalue weighted by Gasteiger charge is -2.33. The predicted molar refractivity (Wildman–Crippen MR) is 66.4 cm³/mol. The van der Waals surface area contributed by atoms with Gasteiger partial charge in [-0.3, -0.25) is 4.79 Å². The van der Waals surface area contributed by atoms with E-state index in [0.717, 1.165) is 0 Å². The Labute approximate surface area is 103 Å². The van der Waals surface area contributed by atoms with Crippen molar-refractivity contribution in [2.24, 2.45) is 17.3 Å². The average Bonchev–Trinajstić information content (AvgIpc) is 2.21. The second-order valence-corrected chi connectivity index (χ2v) is 5.52. The van der Waals surface area contributed by atoms with Crippen LogP contribution in [0.15, 0.2) is 11.6 Å². The van der Waals surface area contributed by atoms with Crippen LogP contribution in [0.5, 0.6) is 0 Å². The lowest BCUT2D eigenvalue weighted by atomic mass is 9.70. The first-order valence-corrected chi connectivity index (χ1v) is 6.22. The Bertz CT molecular complexity index is 350. The van der Waals surface area contributed by atoms with Gasteiger partial charge in [0.15, 0.2) is 0 Å². The highest BCUT2D eigenvalue weighted by Gasteiger charge is 2.38. The minimum absolute atomic E-state index is 0.00502. The van der Waals surface area contributed by atoms with Crippen molar-refractivity contribution in [2.75, 3.05) is 6.61 Å². The van der Waals surface area contributed by atoms with E-state index in [0.29, 0.717) is 18.6 Å². The lowest BCUT2D eigenvalue weighted by molar-refractivity contribution is -0.140. The second kappa shape index (κ2) is 5.03. The van der Waals surface area contributed by atoms with Crippen LogP contribution in [0.25, 0.3) is 0 Å². The third-order valence-corrected chi connectivity index (χ3v) is 3.36. The van der Waals surface area contributed by atoms with Gasteiger partial charge in [0.2, 0.25) is 0 Å². The molecule has 1 atom stereocenters. The SMILES string of the molecule is CCOC(=O)C1=CC(C)(C)C(=O)CC1C(C)C. The predicted octanol–water partition coefficient (Wildman–Crippen LogP) is 2.75. The van der Waals surface area contributed by atoms with Crippen molar-refractivity contribution in [1.82, 2.24) is 0 Å². The standard InChI is InChI=1S/C14H22O3/c1-6-17-13(16)11-8-14(4,5)12(15)7-10(11)9(2)3/h8-10H,6-7H2,1-5H3. The van der Waals surface area contributed by atoms with Crippen molar-refractivity contribution in [2.45, 2.75) is 41.0 Å². The van der Waals surface area contributed by atoms with Gasteiger partial charge in [0.1, 0.15) is 5.78 Å². The summed E-state index contributed by atoms with van der Waals surface area (Å²) in [5.74, 6) is 0.191. The molecule has 0 aromatic carbocycles. The quantitative estimate of drug-likeness (QED) is 0.710. The molecule has 1 aliphatic rings. The molecule has 3 heteroatoms. The van der Waals surface area contributed by atoms with Crippen LogP contribution >= 0.6 is 0 Å². The van der Waals surface area contributed by atoms with E-state index >= 15 is 0 Å². The molecule has 0 aromatic rings. The maximum Gasteiger partial charge on any atom is 0.334 e. The van der Waals surface area contributed by atoms with Gasteiger partial charge in [0, 0.05) is 17.4 Å². The number of ether oxygens (including phenoxy) is 1. The zero-order chi connectivity index (χ0) is 13.2. The molecular formula is C14H22O3. The first-order chi connectivity index (χ1) is 7.79. The van der Waals surface area contributed by atoms with Gasteiger partial charge in [0.25, 0.3) is 0 Å². The maximum atomic E-state index is 12.0. The number of hydrogen-bond acceptors (Lipinski definition) is 3. The Morgan fingerprint density at radius 1 is 1.53 bits per heavy atom. The molecule has 0 aliphatic heterocycles. The zero-order valence-electron chi connectivity index (χ0n) is 11.4. The van der Waals surface area contributed by atoms with Gasteiger partial charge in [-0.1, -0.05) is 19.9 Å². The maximum absolute atomic E-state index is 12.0. The van der Waals surface area contributed by atoms with Gasteiger partial charge in [0.05, 0.1) is 6.61 Å². The van der Waals surface area contributed by atoms with E-state index < -0.39 is 5.41 Å². The molecule has 0 saturated heterocycles. The highest BCUT2D eigenvalue weighted by molar-refractivity contribution is 5.96. The lowest BCUT2D eigenvalue weighted by Crippen LogP contribution is -2.35. The van der Waals surface area contributed by atoms with E-state index in [1.54, 1.807) is 13.0 Å². The molecule has 0 N–H and O–H groups in total. The fourth-order valence-electron chi connectivity index (χ4n) is 2.17. The van der Waals surface area contributed by atoms with Gasteiger partial charge in [-0.2, -0.15) is 0 Å². The first kappa shape index (κ1) is 13.9. The molecule has 0 saturated carbocycles. The van der Waals surface area contributed by atoms with E-state index in [4.69, 9.17) is 4.74 Å². The van der Waals surface area contributed by atoms with E-state index in [9.17, 15) is 9.59 Å². The Kier molecular flexibility index (Phi) is 4.12. The van der Waals surface area contributed by atoms with Crippen LogP contribution in [0.1, 0.15) is 41.0 Å². The molecule has 1 rings (SSSR count).